The van der Waals surface area contributed by atoms with Gasteiger partial charge in [-0.05, 0) is 109 Å². The van der Waals surface area contributed by atoms with Gasteiger partial charge in [-0.2, -0.15) is 0 Å². The molecular weight excluding hydrogens is 518 g/mol. The fourth-order valence-corrected chi connectivity index (χ4v) is 5.96. The van der Waals surface area contributed by atoms with Crippen LogP contribution in [0.2, 0.25) is 0 Å². The zero-order chi connectivity index (χ0) is 30.4. The van der Waals surface area contributed by atoms with Crippen LogP contribution >= 0.6 is 0 Å². The van der Waals surface area contributed by atoms with Crippen LogP contribution in [0.25, 0.3) is 33.9 Å². The van der Waals surface area contributed by atoms with Crippen LogP contribution in [0.4, 0.5) is 17.1 Å². The molecule has 0 atom stereocenters. The van der Waals surface area contributed by atoms with Crippen molar-refractivity contribution in [3.05, 3.63) is 65.7 Å². The number of ether oxygens (including phenoxy) is 1. The van der Waals surface area contributed by atoms with Crippen LogP contribution in [0.5, 0.6) is 5.75 Å². The maximum absolute atomic E-state index is 5.86. The van der Waals surface area contributed by atoms with E-state index < -0.39 is 0 Å². The van der Waals surface area contributed by atoms with E-state index in [1.807, 2.05) is 0 Å². The van der Waals surface area contributed by atoms with Crippen molar-refractivity contribution >= 4 is 17.1 Å². The van der Waals surface area contributed by atoms with E-state index in [1.165, 1.54) is 28.1 Å². The van der Waals surface area contributed by atoms with E-state index in [9.17, 15) is 0 Å². The normalized spacial score (nSPS) is 11.1. The molecule has 0 saturated heterocycles. The van der Waals surface area contributed by atoms with Gasteiger partial charge in [-0.1, -0.05) is 12.1 Å². The van der Waals surface area contributed by atoms with Crippen molar-refractivity contribution in [2.75, 3.05) is 61.1 Å². The van der Waals surface area contributed by atoms with Gasteiger partial charge in [0.05, 0.1) is 24.2 Å². The molecule has 0 aliphatic carbocycles. The van der Waals surface area contributed by atoms with Crippen LogP contribution in [-0.4, -0.2) is 56.3 Å². The van der Waals surface area contributed by atoms with Crippen molar-refractivity contribution in [1.29, 1.82) is 0 Å². The number of nitrogens with zero attached hydrogens (tertiary/aromatic N) is 4. The Morgan fingerprint density at radius 2 is 1.17 bits per heavy atom. The molecular formula is C36H49N5O. The van der Waals surface area contributed by atoms with Gasteiger partial charge in [0.2, 0.25) is 0 Å². The second-order valence-corrected chi connectivity index (χ2v) is 10.7. The van der Waals surface area contributed by atoms with Gasteiger partial charge in [0.15, 0.2) is 0 Å². The van der Waals surface area contributed by atoms with Gasteiger partial charge in [0, 0.05) is 67.3 Å². The van der Waals surface area contributed by atoms with Crippen molar-refractivity contribution < 1.29 is 4.74 Å². The third-order valence-corrected chi connectivity index (χ3v) is 8.46. The standard InChI is InChI=1S/C36H49N5O/c1-10-39(11-2)28-17-19-30(25(7)22-28)34-35(31-20-18-29(23-26(31)8)40(12-3)13-4)38-36(37-34)27-16-21-32(33(24-27)42-9)41(14-5)15-6/h16-24H,10-15H2,1-9H3,(H,37,38). The molecule has 0 saturated carbocycles. The van der Waals surface area contributed by atoms with Gasteiger partial charge in [0.25, 0.3) is 0 Å². The molecule has 0 aliphatic rings. The number of aryl methyl sites for hydroxylation is 2. The number of H-pyrrole nitrogens is 1. The van der Waals surface area contributed by atoms with E-state index in [0.29, 0.717) is 0 Å². The first kappa shape index (κ1) is 31.0. The number of aromatic amines is 1. The van der Waals surface area contributed by atoms with E-state index in [-0.39, 0.29) is 0 Å². The molecule has 1 aromatic heterocycles. The Bertz CT molecular complexity index is 1400. The topological polar surface area (TPSA) is 47.6 Å². The van der Waals surface area contributed by atoms with Crippen LogP contribution in [0.1, 0.15) is 52.7 Å². The summed E-state index contributed by atoms with van der Waals surface area (Å²) in [5.41, 5.74) is 11.4. The first-order valence-electron chi connectivity index (χ1n) is 15.6. The lowest BCUT2D eigenvalue weighted by Gasteiger charge is -2.23. The van der Waals surface area contributed by atoms with E-state index in [4.69, 9.17) is 9.72 Å². The van der Waals surface area contributed by atoms with E-state index in [2.05, 4.69) is 130 Å². The average molecular weight is 568 g/mol. The molecule has 0 fully saturated rings. The molecule has 4 aromatic rings. The molecule has 1 heterocycles. The lowest BCUT2D eigenvalue weighted by atomic mass is 9.97. The third kappa shape index (κ3) is 6.13. The first-order valence-corrected chi connectivity index (χ1v) is 15.6. The summed E-state index contributed by atoms with van der Waals surface area (Å²) in [6.07, 6.45) is 0. The van der Waals surface area contributed by atoms with Crippen molar-refractivity contribution in [1.82, 2.24) is 9.97 Å². The maximum atomic E-state index is 5.86. The summed E-state index contributed by atoms with van der Waals surface area (Å²) in [4.78, 5) is 16.1. The van der Waals surface area contributed by atoms with E-state index in [1.54, 1.807) is 7.11 Å². The summed E-state index contributed by atoms with van der Waals surface area (Å²) < 4.78 is 5.86. The van der Waals surface area contributed by atoms with Crippen molar-refractivity contribution in [3.8, 4) is 39.7 Å². The minimum atomic E-state index is 0.837. The van der Waals surface area contributed by atoms with Crippen LogP contribution in [0.3, 0.4) is 0 Å². The molecule has 0 spiro atoms. The molecule has 0 radical (unpaired) electrons. The SMILES string of the molecule is CCN(CC)c1ccc(-c2nc(-c3ccc(N(CC)CC)c(OC)c3)[nH]c2-c2ccc(N(CC)CC)cc2C)c(C)c1. The molecule has 6 nitrogen and oxygen atoms in total. The van der Waals surface area contributed by atoms with Crippen LogP contribution in [-0.2, 0) is 0 Å². The number of rotatable bonds is 13. The summed E-state index contributed by atoms with van der Waals surface area (Å²) in [5.74, 6) is 1.69. The number of aromatic nitrogens is 2. The van der Waals surface area contributed by atoms with Gasteiger partial charge < -0.3 is 24.4 Å². The predicted molar refractivity (Wildman–Crippen MR) is 182 cm³/mol. The zero-order valence-electron chi connectivity index (χ0n) is 27.1. The fraction of sp³-hybridized carbons (Fsp3) is 0.417. The Morgan fingerprint density at radius 3 is 1.64 bits per heavy atom. The number of anilines is 3. The highest BCUT2D eigenvalue weighted by molar-refractivity contribution is 5.85. The van der Waals surface area contributed by atoms with Gasteiger partial charge in [0.1, 0.15) is 11.6 Å². The smallest absolute Gasteiger partial charge is 0.142 e. The minimum absolute atomic E-state index is 0.837. The number of imidazole rings is 1. The van der Waals surface area contributed by atoms with E-state index >= 15 is 0 Å². The summed E-state index contributed by atoms with van der Waals surface area (Å²) in [6.45, 7) is 23.3. The highest BCUT2D eigenvalue weighted by Gasteiger charge is 2.21. The molecule has 6 heteroatoms. The Morgan fingerprint density at radius 1 is 0.643 bits per heavy atom. The summed E-state index contributed by atoms with van der Waals surface area (Å²) >= 11 is 0. The highest BCUT2D eigenvalue weighted by atomic mass is 16.5. The molecule has 3 aromatic carbocycles. The predicted octanol–water partition coefficient (Wildman–Crippen LogP) is 8.57. The number of hydrogen-bond acceptors (Lipinski definition) is 5. The number of hydrogen-bond donors (Lipinski definition) is 1. The largest absolute Gasteiger partial charge is 0.495 e. The molecule has 0 aliphatic heterocycles. The summed E-state index contributed by atoms with van der Waals surface area (Å²) in [6, 6.07) is 19.9. The zero-order valence-corrected chi connectivity index (χ0v) is 27.1. The van der Waals surface area contributed by atoms with Crippen molar-refractivity contribution in [2.45, 2.75) is 55.4 Å². The number of nitrogens with one attached hydrogen (secondary N) is 1. The van der Waals surface area contributed by atoms with Crippen LogP contribution in [0.15, 0.2) is 54.6 Å². The van der Waals surface area contributed by atoms with Gasteiger partial charge in [-0.3, -0.25) is 0 Å². The molecule has 0 bridgehead atoms. The minimum Gasteiger partial charge on any atom is -0.495 e. The molecule has 1 N–H and O–H groups in total. The van der Waals surface area contributed by atoms with Gasteiger partial charge in [-0.25, -0.2) is 4.98 Å². The lowest BCUT2D eigenvalue weighted by molar-refractivity contribution is 0.414. The van der Waals surface area contributed by atoms with Gasteiger partial charge in [-0.15, -0.1) is 0 Å². The maximum Gasteiger partial charge on any atom is 0.142 e. The Labute approximate surface area is 253 Å². The van der Waals surface area contributed by atoms with Crippen LogP contribution in [0, 0.1) is 13.8 Å². The highest BCUT2D eigenvalue weighted by Crippen LogP contribution is 2.39. The van der Waals surface area contributed by atoms with Crippen molar-refractivity contribution in [3.63, 3.8) is 0 Å². The quantitative estimate of drug-likeness (QED) is 0.175. The number of benzene rings is 3. The second-order valence-electron chi connectivity index (χ2n) is 10.7. The summed E-state index contributed by atoms with van der Waals surface area (Å²) in [5, 5.41) is 0. The van der Waals surface area contributed by atoms with Crippen molar-refractivity contribution in [2.24, 2.45) is 0 Å². The molecule has 0 unspecified atom stereocenters. The Hall–Kier alpha value is -3.93. The lowest BCUT2D eigenvalue weighted by Crippen LogP contribution is -2.22. The molecule has 224 valence electrons. The monoisotopic (exact) mass is 567 g/mol. The van der Waals surface area contributed by atoms with Gasteiger partial charge >= 0.3 is 0 Å². The molecule has 42 heavy (non-hydrogen) atoms. The average Bonchev–Trinajstić information content (AvgIpc) is 3.44. The number of methoxy groups -OCH3 is 1. The van der Waals surface area contributed by atoms with E-state index in [0.717, 1.165) is 79.0 Å². The van der Waals surface area contributed by atoms with Crippen LogP contribution < -0.4 is 19.4 Å². The third-order valence-electron chi connectivity index (χ3n) is 8.46. The molecule has 4 rings (SSSR count). The second kappa shape index (κ2) is 13.8. The fourth-order valence-electron chi connectivity index (χ4n) is 5.96. The Kier molecular flexibility index (Phi) is 10.2. The Balaban J connectivity index is 1.89. The molecule has 0 amide bonds. The summed E-state index contributed by atoms with van der Waals surface area (Å²) in [7, 11) is 1.74. The first-order chi connectivity index (χ1) is 20.3.